The highest BCUT2D eigenvalue weighted by Crippen LogP contribution is 2.17. The Hall–Kier alpha value is 0.590. The van der Waals surface area contributed by atoms with Crippen LogP contribution in [0.4, 0.5) is 0 Å². The molecule has 0 saturated carbocycles. The molecule has 0 N–H and O–H groups in total. The summed E-state index contributed by atoms with van der Waals surface area (Å²) in [4.78, 5) is 0.646. The summed E-state index contributed by atoms with van der Waals surface area (Å²) in [6, 6.07) is 0. The van der Waals surface area contributed by atoms with Crippen LogP contribution in [0.3, 0.4) is 0 Å². The molecule has 1 aliphatic heterocycles. The first-order valence-electron chi connectivity index (χ1n) is 3.42. The van der Waals surface area contributed by atoms with Gasteiger partial charge in [-0.2, -0.15) is 0 Å². The van der Waals surface area contributed by atoms with E-state index in [4.69, 9.17) is 0 Å². The SMILES string of the molecule is CS(=O)N1CCC(Br)CC1. The van der Waals surface area contributed by atoms with Crippen LogP contribution in [0.2, 0.25) is 0 Å². The highest BCUT2D eigenvalue weighted by molar-refractivity contribution is 9.09. The molecule has 10 heavy (non-hydrogen) atoms. The van der Waals surface area contributed by atoms with Gasteiger partial charge in [-0.3, -0.25) is 0 Å². The summed E-state index contributed by atoms with van der Waals surface area (Å²) in [6.45, 7) is 1.94. The summed E-state index contributed by atoms with van der Waals surface area (Å²) >= 11 is 3.54. The van der Waals surface area contributed by atoms with Gasteiger partial charge in [-0.15, -0.1) is 0 Å². The van der Waals surface area contributed by atoms with Gasteiger partial charge in [0.05, 0.1) is 11.0 Å². The van der Waals surface area contributed by atoms with Gasteiger partial charge in [0.2, 0.25) is 0 Å². The fraction of sp³-hybridized carbons (Fsp3) is 1.00. The molecule has 1 unspecified atom stereocenters. The van der Waals surface area contributed by atoms with Crippen molar-refractivity contribution in [3.05, 3.63) is 0 Å². The van der Waals surface area contributed by atoms with Crippen molar-refractivity contribution in [1.29, 1.82) is 0 Å². The fourth-order valence-electron chi connectivity index (χ4n) is 1.08. The van der Waals surface area contributed by atoms with E-state index in [0.717, 1.165) is 25.9 Å². The monoisotopic (exact) mass is 225 g/mol. The molecule has 0 aromatic rings. The highest BCUT2D eigenvalue weighted by Gasteiger charge is 2.18. The Kier molecular flexibility index (Phi) is 3.33. The topological polar surface area (TPSA) is 20.3 Å². The third-order valence-electron chi connectivity index (χ3n) is 1.75. The molecule has 1 rings (SSSR count). The Balaban J connectivity index is 2.33. The first-order valence-corrected chi connectivity index (χ1v) is 5.86. The average Bonchev–Trinajstić information content (AvgIpc) is 1.88. The third kappa shape index (κ3) is 2.32. The van der Waals surface area contributed by atoms with Crippen LogP contribution in [0.1, 0.15) is 12.8 Å². The van der Waals surface area contributed by atoms with E-state index < -0.39 is 11.0 Å². The summed E-state index contributed by atoms with van der Waals surface area (Å²) in [5.41, 5.74) is 0. The molecule has 60 valence electrons. The summed E-state index contributed by atoms with van der Waals surface area (Å²) in [7, 11) is -0.754. The molecular formula is C6H12BrNOS. The van der Waals surface area contributed by atoms with Crippen LogP contribution in [-0.4, -0.2) is 32.7 Å². The molecule has 1 aliphatic rings. The summed E-state index contributed by atoms with van der Waals surface area (Å²) < 4.78 is 12.9. The maximum atomic E-state index is 10.9. The van der Waals surface area contributed by atoms with Crippen LogP contribution in [0, 0.1) is 0 Å². The van der Waals surface area contributed by atoms with E-state index in [-0.39, 0.29) is 0 Å². The Bertz CT molecular complexity index is 134. The molecule has 1 saturated heterocycles. The van der Waals surface area contributed by atoms with E-state index in [2.05, 4.69) is 15.9 Å². The molecule has 1 fully saturated rings. The number of hydrogen-bond donors (Lipinski definition) is 0. The standard InChI is InChI=1S/C6H12BrNOS/c1-10(9)8-4-2-6(7)3-5-8/h6H,2-5H2,1H3. The van der Waals surface area contributed by atoms with Crippen molar-refractivity contribution in [3.8, 4) is 0 Å². The van der Waals surface area contributed by atoms with Gasteiger partial charge < -0.3 is 0 Å². The number of rotatable bonds is 1. The second-order valence-corrected chi connectivity index (χ2v) is 5.19. The highest BCUT2D eigenvalue weighted by atomic mass is 79.9. The van der Waals surface area contributed by atoms with E-state index in [1.54, 1.807) is 6.26 Å². The Labute approximate surface area is 72.7 Å². The van der Waals surface area contributed by atoms with Crippen molar-refractivity contribution in [2.45, 2.75) is 17.7 Å². The van der Waals surface area contributed by atoms with Crippen molar-refractivity contribution in [2.24, 2.45) is 0 Å². The molecule has 0 aromatic heterocycles. The first kappa shape index (κ1) is 8.68. The largest absolute Gasteiger partial charge is 0.243 e. The normalized spacial score (nSPS) is 26.6. The van der Waals surface area contributed by atoms with Gasteiger partial charge in [0.25, 0.3) is 0 Å². The molecular weight excluding hydrogens is 214 g/mol. The molecule has 4 heteroatoms. The van der Waals surface area contributed by atoms with Crippen LogP contribution in [0.15, 0.2) is 0 Å². The Morgan fingerprint density at radius 3 is 2.40 bits per heavy atom. The van der Waals surface area contributed by atoms with Gasteiger partial charge in [0, 0.05) is 24.2 Å². The third-order valence-corrected chi connectivity index (χ3v) is 3.76. The maximum Gasteiger partial charge on any atom is 0.0910 e. The van der Waals surface area contributed by atoms with E-state index in [1.807, 2.05) is 4.31 Å². The zero-order valence-corrected chi connectivity index (χ0v) is 8.45. The molecule has 0 amide bonds. The van der Waals surface area contributed by atoms with Crippen LogP contribution in [0.25, 0.3) is 0 Å². The first-order chi connectivity index (χ1) is 4.70. The van der Waals surface area contributed by atoms with Crippen molar-refractivity contribution >= 4 is 26.9 Å². The number of hydrogen-bond acceptors (Lipinski definition) is 1. The lowest BCUT2D eigenvalue weighted by Crippen LogP contribution is -2.34. The minimum absolute atomic E-state index is 0.646. The molecule has 1 heterocycles. The van der Waals surface area contributed by atoms with E-state index >= 15 is 0 Å². The summed E-state index contributed by atoms with van der Waals surface area (Å²) in [6.07, 6.45) is 3.99. The number of halogens is 1. The quantitative estimate of drug-likeness (QED) is 0.614. The predicted octanol–water partition coefficient (Wildman–Crippen LogP) is 1.14. The fourth-order valence-corrected chi connectivity index (χ4v) is 2.22. The van der Waals surface area contributed by atoms with Crippen molar-refractivity contribution < 1.29 is 4.21 Å². The Morgan fingerprint density at radius 1 is 1.50 bits per heavy atom. The van der Waals surface area contributed by atoms with Gasteiger partial charge in [-0.1, -0.05) is 15.9 Å². The van der Waals surface area contributed by atoms with Gasteiger partial charge in [0.1, 0.15) is 0 Å². The summed E-state index contributed by atoms with van der Waals surface area (Å²) in [5.74, 6) is 0. The van der Waals surface area contributed by atoms with Gasteiger partial charge >= 0.3 is 0 Å². The lowest BCUT2D eigenvalue weighted by atomic mass is 10.2. The minimum atomic E-state index is -0.754. The van der Waals surface area contributed by atoms with Crippen LogP contribution in [-0.2, 0) is 11.0 Å². The lowest BCUT2D eigenvalue weighted by Gasteiger charge is -2.26. The zero-order valence-electron chi connectivity index (χ0n) is 6.05. The molecule has 0 aliphatic carbocycles. The van der Waals surface area contributed by atoms with Crippen molar-refractivity contribution in [3.63, 3.8) is 0 Å². The minimum Gasteiger partial charge on any atom is -0.243 e. The van der Waals surface area contributed by atoms with Gasteiger partial charge in [0.15, 0.2) is 0 Å². The maximum absolute atomic E-state index is 10.9. The molecule has 0 radical (unpaired) electrons. The predicted molar refractivity (Wildman–Crippen MR) is 47.6 cm³/mol. The number of piperidine rings is 1. The van der Waals surface area contributed by atoms with Crippen molar-refractivity contribution in [2.75, 3.05) is 19.3 Å². The second kappa shape index (κ2) is 3.83. The van der Waals surface area contributed by atoms with Gasteiger partial charge in [-0.05, 0) is 12.8 Å². The molecule has 0 spiro atoms. The molecule has 1 atom stereocenters. The van der Waals surface area contributed by atoms with Crippen LogP contribution < -0.4 is 0 Å². The summed E-state index contributed by atoms with van der Waals surface area (Å²) in [5, 5.41) is 0. The lowest BCUT2D eigenvalue weighted by molar-refractivity contribution is 0.376. The van der Waals surface area contributed by atoms with E-state index in [1.165, 1.54) is 0 Å². The van der Waals surface area contributed by atoms with Gasteiger partial charge in [-0.25, -0.2) is 8.51 Å². The average molecular weight is 226 g/mol. The smallest absolute Gasteiger partial charge is 0.0910 e. The Morgan fingerprint density at radius 2 is 2.00 bits per heavy atom. The van der Waals surface area contributed by atoms with E-state index in [9.17, 15) is 4.21 Å². The van der Waals surface area contributed by atoms with Crippen LogP contribution in [0.5, 0.6) is 0 Å². The number of nitrogens with zero attached hydrogens (tertiary/aromatic N) is 1. The number of alkyl halides is 1. The molecule has 0 aromatic carbocycles. The zero-order chi connectivity index (χ0) is 7.56. The van der Waals surface area contributed by atoms with E-state index in [0.29, 0.717) is 4.83 Å². The molecule has 2 nitrogen and oxygen atoms in total. The molecule has 0 bridgehead atoms. The second-order valence-electron chi connectivity index (χ2n) is 2.53. The van der Waals surface area contributed by atoms with Crippen LogP contribution >= 0.6 is 15.9 Å². The van der Waals surface area contributed by atoms with Crippen molar-refractivity contribution in [1.82, 2.24) is 4.31 Å².